The number of ether oxygens (including phenoxy) is 1. The summed E-state index contributed by atoms with van der Waals surface area (Å²) in [5.74, 6) is -1.96. The Balaban J connectivity index is 1.93. The average molecular weight is 470 g/mol. The summed E-state index contributed by atoms with van der Waals surface area (Å²) in [6, 6.07) is 11.2. The first-order valence-corrected chi connectivity index (χ1v) is 10.6. The molecule has 9 heteroatoms. The van der Waals surface area contributed by atoms with Crippen molar-refractivity contribution in [2.75, 3.05) is 0 Å². The zero-order chi connectivity index (χ0) is 24.5. The summed E-state index contributed by atoms with van der Waals surface area (Å²) in [4.78, 5) is 52.5. The molecular weight excluding hydrogens is 446 g/mol. The summed E-state index contributed by atoms with van der Waals surface area (Å²) < 4.78 is 5.75. The van der Waals surface area contributed by atoms with Crippen molar-refractivity contribution >= 4 is 29.3 Å². The van der Waals surface area contributed by atoms with E-state index in [-0.39, 0.29) is 11.7 Å². The maximum Gasteiger partial charge on any atom is 0.303 e. The van der Waals surface area contributed by atoms with Crippen LogP contribution in [0, 0.1) is 6.92 Å². The molecule has 1 unspecified atom stereocenters. The lowest BCUT2D eigenvalue weighted by Crippen LogP contribution is -2.45. The number of ketones is 1. The average Bonchev–Trinajstić information content (AvgIpc) is 3.13. The Morgan fingerprint density at radius 1 is 1.12 bits per heavy atom. The van der Waals surface area contributed by atoms with Crippen LogP contribution in [-0.4, -0.2) is 38.0 Å². The molecule has 1 aromatic carbocycles. The molecule has 2 heterocycles. The third-order valence-electron chi connectivity index (χ3n) is 5.21. The van der Waals surface area contributed by atoms with Gasteiger partial charge in [0.1, 0.15) is 0 Å². The predicted molar refractivity (Wildman–Crippen MR) is 123 cm³/mol. The van der Waals surface area contributed by atoms with E-state index in [4.69, 9.17) is 16.3 Å². The lowest BCUT2D eigenvalue weighted by atomic mass is 10.0. The normalized spacial score (nSPS) is 12.3. The number of rotatable bonds is 6. The van der Waals surface area contributed by atoms with Gasteiger partial charge in [-0.15, -0.1) is 0 Å². The van der Waals surface area contributed by atoms with Crippen molar-refractivity contribution in [1.29, 1.82) is 0 Å². The SMILES string of the molecule is CC(=O)OC(C)(C)C(=O)n1nc(C(C)c2cc(C)c(C(=O)c3ccc(Cl)cc3)[nH]2)ccc1=O. The van der Waals surface area contributed by atoms with E-state index in [2.05, 4.69) is 10.1 Å². The number of hydrogen-bond donors (Lipinski definition) is 1. The number of carbonyl (C=O) groups is 3. The fourth-order valence-corrected chi connectivity index (χ4v) is 3.54. The molecule has 0 amide bonds. The van der Waals surface area contributed by atoms with E-state index in [1.165, 1.54) is 32.9 Å². The molecule has 0 saturated carbocycles. The molecule has 8 nitrogen and oxygen atoms in total. The van der Waals surface area contributed by atoms with Crippen LogP contribution in [0.15, 0.2) is 47.3 Å². The van der Waals surface area contributed by atoms with Crippen LogP contribution in [-0.2, 0) is 9.53 Å². The van der Waals surface area contributed by atoms with Crippen LogP contribution < -0.4 is 5.56 Å². The first-order chi connectivity index (χ1) is 15.4. The molecule has 0 radical (unpaired) electrons. The second-order valence-corrected chi connectivity index (χ2v) is 8.69. The third-order valence-corrected chi connectivity index (χ3v) is 5.46. The lowest BCUT2D eigenvalue weighted by molar-refractivity contribution is -0.150. The molecule has 0 fully saturated rings. The molecule has 0 bridgehead atoms. The van der Waals surface area contributed by atoms with Crippen LogP contribution in [0.1, 0.15) is 71.4 Å². The van der Waals surface area contributed by atoms with Gasteiger partial charge in [0, 0.05) is 35.2 Å². The fourth-order valence-electron chi connectivity index (χ4n) is 3.42. The highest BCUT2D eigenvalue weighted by Crippen LogP contribution is 2.25. The number of nitrogens with zero attached hydrogens (tertiary/aromatic N) is 2. The Morgan fingerprint density at radius 2 is 1.76 bits per heavy atom. The molecule has 1 atom stereocenters. The highest BCUT2D eigenvalue weighted by Gasteiger charge is 2.34. The van der Waals surface area contributed by atoms with Crippen molar-refractivity contribution in [3.63, 3.8) is 0 Å². The van der Waals surface area contributed by atoms with Gasteiger partial charge in [-0.25, -0.2) is 0 Å². The van der Waals surface area contributed by atoms with Gasteiger partial charge >= 0.3 is 5.97 Å². The molecule has 0 saturated heterocycles. The molecule has 1 N–H and O–H groups in total. The van der Waals surface area contributed by atoms with Gasteiger partial charge in [0.05, 0.1) is 11.4 Å². The Bertz CT molecular complexity index is 1290. The zero-order valence-electron chi connectivity index (χ0n) is 18.9. The number of esters is 1. The van der Waals surface area contributed by atoms with Crippen LogP contribution in [0.2, 0.25) is 5.02 Å². The van der Waals surface area contributed by atoms with Crippen molar-refractivity contribution in [2.24, 2.45) is 0 Å². The first kappa shape index (κ1) is 24.1. The van der Waals surface area contributed by atoms with Crippen LogP contribution in [0.5, 0.6) is 0 Å². The molecular formula is C24H24ClN3O5. The van der Waals surface area contributed by atoms with Gasteiger partial charge in [-0.1, -0.05) is 18.5 Å². The number of H-pyrrole nitrogens is 1. The van der Waals surface area contributed by atoms with Gasteiger partial charge in [-0.2, -0.15) is 9.78 Å². The topological polar surface area (TPSA) is 111 Å². The van der Waals surface area contributed by atoms with Crippen molar-refractivity contribution in [3.8, 4) is 0 Å². The number of aromatic amines is 1. The summed E-state index contributed by atoms with van der Waals surface area (Å²) >= 11 is 5.91. The maximum absolute atomic E-state index is 12.9. The van der Waals surface area contributed by atoms with Crippen molar-refractivity contribution in [1.82, 2.24) is 14.8 Å². The standard InChI is InChI=1S/C24H24ClN3O5/c1-13-12-19(26-21(13)22(31)16-6-8-17(25)9-7-16)14(2)18-10-11-20(30)28(27-18)23(32)24(4,5)33-15(3)29/h6-12,14,26H,1-5H3. The van der Waals surface area contributed by atoms with E-state index in [9.17, 15) is 19.2 Å². The van der Waals surface area contributed by atoms with Crippen LogP contribution in [0.4, 0.5) is 0 Å². The molecule has 33 heavy (non-hydrogen) atoms. The fraction of sp³-hybridized carbons (Fsp3) is 0.292. The minimum absolute atomic E-state index is 0.182. The summed E-state index contributed by atoms with van der Waals surface area (Å²) in [5, 5.41) is 4.76. The zero-order valence-corrected chi connectivity index (χ0v) is 19.7. The van der Waals surface area contributed by atoms with Crippen molar-refractivity contribution in [3.05, 3.63) is 86.0 Å². The first-order valence-electron chi connectivity index (χ1n) is 10.2. The summed E-state index contributed by atoms with van der Waals surface area (Å²) in [6.45, 7) is 7.62. The molecule has 0 spiro atoms. The number of hydrogen-bond acceptors (Lipinski definition) is 6. The number of benzene rings is 1. The molecule has 3 rings (SSSR count). The van der Waals surface area contributed by atoms with E-state index in [0.29, 0.717) is 32.3 Å². The monoisotopic (exact) mass is 469 g/mol. The van der Waals surface area contributed by atoms with E-state index < -0.39 is 23.0 Å². The van der Waals surface area contributed by atoms with Gasteiger partial charge in [0.15, 0.2) is 5.60 Å². The summed E-state index contributed by atoms with van der Waals surface area (Å²) in [7, 11) is 0. The smallest absolute Gasteiger partial charge is 0.303 e. The summed E-state index contributed by atoms with van der Waals surface area (Å²) in [5.41, 5.74) is 0.580. The van der Waals surface area contributed by atoms with Crippen LogP contribution >= 0.6 is 11.6 Å². The van der Waals surface area contributed by atoms with Gasteiger partial charge < -0.3 is 9.72 Å². The predicted octanol–water partition coefficient (Wildman–Crippen LogP) is 3.90. The highest BCUT2D eigenvalue weighted by molar-refractivity contribution is 6.30. The van der Waals surface area contributed by atoms with Crippen molar-refractivity contribution < 1.29 is 19.1 Å². The van der Waals surface area contributed by atoms with Gasteiger partial charge in [0.25, 0.3) is 11.5 Å². The number of aryl methyl sites for hydroxylation is 1. The van der Waals surface area contributed by atoms with Crippen LogP contribution in [0.3, 0.4) is 0 Å². The molecule has 0 aliphatic rings. The Kier molecular flexibility index (Phi) is 6.69. The molecule has 0 aliphatic heterocycles. The lowest BCUT2D eigenvalue weighted by Gasteiger charge is -2.23. The van der Waals surface area contributed by atoms with E-state index >= 15 is 0 Å². The largest absolute Gasteiger partial charge is 0.450 e. The molecule has 3 aromatic rings. The van der Waals surface area contributed by atoms with Crippen molar-refractivity contribution in [2.45, 2.75) is 46.1 Å². The Labute approximate surface area is 195 Å². The van der Waals surface area contributed by atoms with Gasteiger partial charge in [0.2, 0.25) is 5.78 Å². The van der Waals surface area contributed by atoms with Gasteiger partial charge in [-0.3, -0.25) is 19.2 Å². The second kappa shape index (κ2) is 9.15. The maximum atomic E-state index is 12.9. The molecule has 2 aromatic heterocycles. The third kappa shape index (κ3) is 5.12. The highest BCUT2D eigenvalue weighted by atomic mass is 35.5. The Morgan fingerprint density at radius 3 is 2.36 bits per heavy atom. The van der Waals surface area contributed by atoms with E-state index in [0.717, 1.165) is 5.56 Å². The summed E-state index contributed by atoms with van der Waals surface area (Å²) in [6.07, 6.45) is 0. The number of aromatic nitrogens is 3. The molecule has 0 aliphatic carbocycles. The molecule has 172 valence electrons. The Hall–Kier alpha value is -3.52. The minimum Gasteiger partial charge on any atom is -0.450 e. The number of halogens is 1. The van der Waals surface area contributed by atoms with E-state index in [1.807, 2.05) is 19.9 Å². The minimum atomic E-state index is -1.56. The van der Waals surface area contributed by atoms with Crippen LogP contribution in [0.25, 0.3) is 0 Å². The quantitative estimate of drug-likeness (QED) is 0.433. The van der Waals surface area contributed by atoms with E-state index in [1.54, 1.807) is 24.3 Å². The second-order valence-electron chi connectivity index (χ2n) is 8.26. The number of nitrogens with one attached hydrogen (secondary N) is 1. The number of carbonyl (C=O) groups excluding carboxylic acids is 3. The van der Waals surface area contributed by atoms with Gasteiger partial charge in [-0.05, 0) is 62.7 Å².